The van der Waals surface area contributed by atoms with Crippen molar-refractivity contribution in [3.05, 3.63) is 71.8 Å². The third kappa shape index (κ3) is 8.61. The quantitative estimate of drug-likeness (QED) is 0.192. The number of fused-ring (bicyclic) bond motifs is 1. The summed E-state index contributed by atoms with van der Waals surface area (Å²) in [4.78, 5) is 40.4. The Hall–Kier alpha value is -4.27. The second kappa shape index (κ2) is 14.4. The van der Waals surface area contributed by atoms with Gasteiger partial charge in [0.25, 0.3) is 0 Å². The third-order valence-electron chi connectivity index (χ3n) is 7.41. The number of nitrogens with zero attached hydrogens (tertiary/aromatic N) is 1. The SMILES string of the molecule is CCCCC(=O)NC1(CC(=O)NNc2ccccc2)CCN(C(=O)/C=C/C(=C/c2ccc3c(c2)OCO3)CC)CC1. The lowest BCUT2D eigenvalue weighted by Crippen LogP contribution is -2.58. The summed E-state index contributed by atoms with van der Waals surface area (Å²) in [6.45, 7) is 5.21. The second-order valence-electron chi connectivity index (χ2n) is 10.5. The maximum atomic E-state index is 13.1. The molecule has 1 saturated heterocycles. The number of benzene rings is 2. The van der Waals surface area contributed by atoms with Crippen LogP contribution in [0.2, 0.25) is 0 Å². The molecule has 0 saturated carbocycles. The van der Waals surface area contributed by atoms with Crippen molar-refractivity contribution in [2.45, 2.75) is 64.3 Å². The highest BCUT2D eigenvalue weighted by molar-refractivity contribution is 5.88. The summed E-state index contributed by atoms with van der Waals surface area (Å²) in [5, 5.41) is 3.15. The van der Waals surface area contributed by atoms with Gasteiger partial charge < -0.3 is 19.7 Å². The van der Waals surface area contributed by atoms with Crippen LogP contribution < -0.4 is 25.6 Å². The molecular formula is C32H40N4O5. The van der Waals surface area contributed by atoms with Crippen molar-refractivity contribution in [1.29, 1.82) is 0 Å². The van der Waals surface area contributed by atoms with Crippen molar-refractivity contribution < 1.29 is 23.9 Å². The van der Waals surface area contributed by atoms with E-state index in [1.165, 1.54) is 0 Å². The van der Waals surface area contributed by atoms with E-state index in [0.717, 1.165) is 47.6 Å². The van der Waals surface area contributed by atoms with E-state index in [-0.39, 0.29) is 30.9 Å². The zero-order valence-electron chi connectivity index (χ0n) is 23.9. The van der Waals surface area contributed by atoms with Gasteiger partial charge in [-0.1, -0.05) is 56.7 Å². The molecule has 41 heavy (non-hydrogen) atoms. The fourth-order valence-electron chi connectivity index (χ4n) is 4.98. The van der Waals surface area contributed by atoms with E-state index in [1.54, 1.807) is 11.0 Å². The molecule has 2 heterocycles. The molecule has 9 heteroatoms. The molecule has 4 rings (SSSR count). The van der Waals surface area contributed by atoms with Crippen LogP contribution in [-0.4, -0.2) is 48.0 Å². The molecule has 218 valence electrons. The molecule has 0 aliphatic carbocycles. The summed E-state index contributed by atoms with van der Waals surface area (Å²) in [6.07, 6.45) is 9.49. The number of likely N-dealkylation sites (tertiary alicyclic amines) is 1. The number of hydrazine groups is 1. The predicted molar refractivity (Wildman–Crippen MR) is 159 cm³/mol. The van der Waals surface area contributed by atoms with Crippen molar-refractivity contribution in [3.8, 4) is 11.5 Å². The van der Waals surface area contributed by atoms with E-state index in [0.29, 0.717) is 32.4 Å². The lowest BCUT2D eigenvalue weighted by atomic mass is 9.83. The zero-order chi connectivity index (χ0) is 29.1. The topological polar surface area (TPSA) is 109 Å². The Morgan fingerprint density at radius 1 is 0.951 bits per heavy atom. The average Bonchev–Trinajstić information content (AvgIpc) is 3.46. The molecular weight excluding hydrogens is 520 g/mol. The number of para-hydroxylation sites is 1. The average molecular weight is 561 g/mol. The molecule has 3 amide bonds. The normalized spacial score (nSPS) is 16.0. The lowest BCUT2D eigenvalue weighted by Gasteiger charge is -2.42. The number of carbonyl (C=O) groups is 3. The third-order valence-corrected chi connectivity index (χ3v) is 7.41. The predicted octanol–water partition coefficient (Wildman–Crippen LogP) is 4.97. The van der Waals surface area contributed by atoms with Gasteiger partial charge in [0.2, 0.25) is 24.5 Å². The van der Waals surface area contributed by atoms with Crippen LogP contribution in [0.15, 0.2) is 66.3 Å². The first-order valence-corrected chi connectivity index (χ1v) is 14.4. The van der Waals surface area contributed by atoms with Crippen LogP contribution in [-0.2, 0) is 14.4 Å². The van der Waals surface area contributed by atoms with Crippen LogP contribution in [0, 0.1) is 0 Å². The van der Waals surface area contributed by atoms with Crippen LogP contribution >= 0.6 is 0 Å². The molecule has 0 atom stereocenters. The number of hydrogen-bond donors (Lipinski definition) is 3. The van der Waals surface area contributed by atoms with Crippen LogP contribution in [0.5, 0.6) is 11.5 Å². The van der Waals surface area contributed by atoms with E-state index in [9.17, 15) is 14.4 Å². The summed E-state index contributed by atoms with van der Waals surface area (Å²) in [6, 6.07) is 15.1. The van der Waals surface area contributed by atoms with Gasteiger partial charge in [0.1, 0.15) is 0 Å². The summed E-state index contributed by atoms with van der Waals surface area (Å²) < 4.78 is 10.8. The number of piperidine rings is 1. The molecule has 1 fully saturated rings. The molecule has 3 N–H and O–H groups in total. The number of anilines is 1. The Kier molecular flexibility index (Phi) is 10.4. The van der Waals surface area contributed by atoms with Crippen molar-refractivity contribution in [2.75, 3.05) is 25.3 Å². The number of hydrogen-bond acceptors (Lipinski definition) is 6. The van der Waals surface area contributed by atoms with E-state index in [4.69, 9.17) is 9.47 Å². The van der Waals surface area contributed by atoms with E-state index in [2.05, 4.69) is 16.2 Å². The van der Waals surface area contributed by atoms with Crippen LogP contribution in [0.1, 0.15) is 64.4 Å². The van der Waals surface area contributed by atoms with Gasteiger partial charge in [0.05, 0.1) is 17.6 Å². The number of nitrogens with one attached hydrogen (secondary N) is 3. The standard InChI is InChI=1S/C32H40N4O5/c1-3-5-11-29(37)33-32(22-30(38)35-34-26-9-7-6-8-10-26)16-18-36(19-17-32)31(39)15-13-24(4-2)20-25-12-14-27-28(21-25)41-23-40-27/h6-10,12-15,20-21,34H,3-5,11,16-19,22-23H2,1-2H3,(H,33,37)(H,35,38)/b15-13+,24-20+. The number of unbranched alkanes of at least 4 members (excludes halogenated alkanes) is 1. The molecule has 2 aromatic rings. The van der Waals surface area contributed by atoms with Gasteiger partial charge in [-0.25, -0.2) is 0 Å². The van der Waals surface area contributed by atoms with Gasteiger partial charge in [-0.3, -0.25) is 25.2 Å². The highest BCUT2D eigenvalue weighted by Crippen LogP contribution is 2.33. The monoisotopic (exact) mass is 560 g/mol. The van der Waals surface area contributed by atoms with Gasteiger partial charge in [-0.2, -0.15) is 0 Å². The highest BCUT2D eigenvalue weighted by Gasteiger charge is 2.38. The number of amides is 3. The number of carbonyl (C=O) groups excluding carboxylic acids is 3. The lowest BCUT2D eigenvalue weighted by molar-refractivity contribution is -0.129. The van der Waals surface area contributed by atoms with Crippen molar-refractivity contribution in [1.82, 2.24) is 15.6 Å². The Labute approximate surface area is 241 Å². The zero-order valence-corrected chi connectivity index (χ0v) is 23.9. The molecule has 0 radical (unpaired) electrons. The molecule has 0 bridgehead atoms. The molecule has 0 spiro atoms. The van der Waals surface area contributed by atoms with Gasteiger partial charge in [-0.05, 0) is 61.1 Å². The van der Waals surface area contributed by atoms with Crippen molar-refractivity contribution >= 4 is 29.5 Å². The Balaban J connectivity index is 1.36. The van der Waals surface area contributed by atoms with Gasteiger partial charge >= 0.3 is 0 Å². The van der Waals surface area contributed by atoms with Gasteiger partial charge in [0, 0.05) is 25.6 Å². The second-order valence-corrected chi connectivity index (χ2v) is 10.5. The minimum Gasteiger partial charge on any atom is -0.454 e. The van der Waals surface area contributed by atoms with Gasteiger partial charge in [-0.15, -0.1) is 0 Å². The number of ether oxygens (including phenoxy) is 2. The largest absolute Gasteiger partial charge is 0.454 e. The van der Waals surface area contributed by atoms with Crippen molar-refractivity contribution in [3.63, 3.8) is 0 Å². The highest BCUT2D eigenvalue weighted by atomic mass is 16.7. The van der Waals surface area contributed by atoms with Crippen LogP contribution in [0.3, 0.4) is 0 Å². The minimum absolute atomic E-state index is 0.0587. The first-order valence-electron chi connectivity index (χ1n) is 14.4. The molecule has 9 nitrogen and oxygen atoms in total. The first-order chi connectivity index (χ1) is 19.9. The number of allylic oxidation sites excluding steroid dienone is 2. The fourth-order valence-corrected chi connectivity index (χ4v) is 4.98. The molecule has 2 aliphatic heterocycles. The Morgan fingerprint density at radius 2 is 1.71 bits per heavy atom. The van der Waals surface area contributed by atoms with Crippen LogP contribution in [0.25, 0.3) is 6.08 Å². The fraction of sp³-hybridized carbons (Fsp3) is 0.406. The summed E-state index contributed by atoms with van der Waals surface area (Å²) in [7, 11) is 0. The number of rotatable bonds is 12. The van der Waals surface area contributed by atoms with Gasteiger partial charge in [0.15, 0.2) is 11.5 Å². The molecule has 0 unspecified atom stereocenters. The van der Waals surface area contributed by atoms with Crippen molar-refractivity contribution in [2.24, 2.45) is 0 Å². The summed E-state index contributed by atoms with van der Waals surface area (Å²) >= 11 is 0. The maximum Gasteiger partial charge on any atom is 0.246 e. The Morgan fingerprint density at radius 3 is 2.44 bits per heavy atom. The molecule has 2 aliphatic rings. The van der Waals surface area contributed by atoms with Crippen LogP contribution in [0.4, 0.5) is 5.69 Å². The minimum atomic E-state index is -0.707. The van der Waals surface area contributed by atoms with E-state index >= 15 is 0 Å². The molecule has 2 aromatic carbocycles. The smallest absolute Gasteiger partial charge is 0.246 e. The van der Waals surface area contributed by atoms with E-state index < -0.39 is 5.54 Å². The summed E-state index contributed by atoms with van der Waals surface area (Å²) in [5.41, 5.74) is 7.71. The first kappa shape index (κ1) is 29.7. The van der Waals surface area contributed by atoms with E-state index in [1.807, 2.05) is 74.5 Å². The summed E-state index contributed by atoms with van der Waals surface area (Å²) in [5.74, 6) is 1.09. The maximum absolute atomic E-state index is 13.1. The molecule has 0 aromatic heterocycles. The Bertz CT molecular complexity index is 1270.